The van der Waals surface area contributed by atoms with Crippen LogP contribution >= 0.6 is 0 Å². The van der Waals surface area contributed by atoms with Crippen molar-refractivity contribution in [2.45, 2.75) is 13.1 Å². The van der Waals surface area contributed by atoms with Crippen LogP contribution < -0.4 is 13.8 Å². The number of ether oxygens (including phenoxy) is 2. The first-order valence-electron chi connectivity index (χ1n) is 10.3. The minimum atomic E-state index is -3.46. The van der Waals surface area contributed by atoms with Gasteiger partial charge in [0.05, 0.1) is 32.7 Å². The van der Waals surface area contributed by atoms with Crippen molar-refractivity contribution in [3.63, 3.8) is 0 Å². The molecular weight excluding hydrogens is 440 g/mol. The Morgan fingerprint density at radius 2 is 1.42 bits per heavy atom. The van der Waals surface area contributed by atoms with E-state index < -0.39 is 10.0 Å². The molecule has 1 amide bonds. The highest BCUT2D eigenvalue weighted by Crippen LogP contribution is 2.28. The zero-order chi connectivity index (χ0) is 24.0. The maximum Gasteiger partial charge on any atom is 0.253 e. The summed E-state index contributed by atoms with van der Waals surface area (Å²) in [6.07, 6.45) is 1.18. The van der Waals surface area contributed by atoms with Crippen LogP contribution in [-0.4, -0.2) is 46.7 Å². The Morgan fingerprint density at radius 1 is 0.818 bits per heavy atom. The molecule has 3 aromatic carbocycles. The summed E-state index contributed by atoms with van der Waals surface area (Å²) < 4.78 is 36.5. The molecule has 8 heteroatoms. The van der Waals surface area contributed by atoms with Crippen LogP contribution in [0.2, 0.25) is 0 Å². The van der Waals surface area contributed by atoms with Crippen molar-refractivity contribution in [2.24, 2.45) is 0 Å². The van der Waals surface area contributed by atoms with Crippen molar-refractivity contribution in [2.75, 3.05) is 31.8 Å². The third-order valence-corrected chi connectivity index (χ3v) is 6.33. The van der Waals surface area contributed by atoms with E-state index in [0.29, 0.717) is 29.3 Å². The summed E-state index contributed by atoms with van der Waals surface area (Å²) in [6.45, 7) is 0.579. The van der Waals surface area contributed by atoms with Crippen molar-refractivity contribution in [3.05, 3.63) is 89.5 Å². The smallest absolute Gasteiger partial charge is 0.253 e. The van der Waals surface area contributed by atoms with E-state index >= 15 is 0 Å². The molecule has 0 aliphatic carbocycles. The number of hydrogen-bond donors (Lipinski definition) is 0. The van der Waals surface area contributed by atoms with Gasteiger partial charge in [0.25, 0.3) is 5.91 Å². The highest BCUT2D eigenvalue weighted by Gasteiger charge is 2.18. The number of carbonyl (C=O) groups is 1. The second kappa shape index (κ2) is 10.4. The number of methoxy groups -OCH3 is 2. The average molecular weight is 469 g/mol. The van der Waals surface area contributed by atoms with Crippen LogP contribution in [0.25, 0.3) is 0 Å². The van der Waals surface area contributed by atoms with Crippen LogP contribution in [0.3, 0.4) is 0 Å². The van der Waals surface area contributed by atoms with E-state index in [0.717, 1.165) is 11.1 Å². The SMILES string of the molecule is COc1ccc(CN(C)C(=O)c2ccc(CN(c3ccccc3)S(C)(=O)=O)cc2)cc1OC. The summed E-state index contributed by atoms with van der Waals surface area (Å²) in [7, 11) is 1.41. The van der Waals surface area contributed by atoms with Crippen LogP contribution in [0.15, 0.2) is 72.8 Å². The lowest BCUT2D eigenvalue weighted by atomic mass is 10.1. The fourth-order valence-electron chi connectivity index (χ4n) is 3.46. The summed E-state index contributed by atoms with van der Waals surface area (Å²) in [5.74, 6) is 1.10. The Kier molecular flexibility index (Phi) is 7.60. The lowest BCUT2D eigenvalue weighted by molar-refractivity contribution is 0.0785. The first-order valence-corrected chi connectivity index (χ1v) is 12.2. The summed E-state index contributed by atoms with van der Waals surface area (Å²) >= 11 is 0. The molecule has 0 aliphatic rings. The van der Waals surface area contributed by atoms with Gasteiger partial charge in [-0.3, -0.25) is 9.10 Å². The molecule has 0 unspecified atom stereocenters. The number of hydrogen-bond acceptors (Lipinski definition) is 5. The van der Waals surface area contributed by atoms with Gasteiger partial charge in [-0.2, -0.15) is 0 Å². The van der Waals surface area contributed by atoms with Crippen molar-refractivity contribution >= 4 is 21.6 Å². The first kappa shape index (κ1) is 24.1. The predicted octanol–water partition coefficient (Wildman–Crippen LogP) is 3.94. The van der Waals surface area contributed by atoms with Gasteiger partial charge in [0.2, 0.25) is 10.0 Å². The molecule has 0 N–H and O–H groups in total. The number of carbonyl (C=O) groups excluding carboxylic acids is 1. The molecule has 0 heterocycles. The minimum Gasteiger partial charge on any atom is -0.493 e. The van der Waals surface area contributed by atoms with Gasteiger partial charge in [-0.25, -0.2) is 8.42 Å². The van der Waals surface area contributed by atoms with E-state index in [4.69, 9.17) is 9.47 Å². The molecule has 0 aromatic heterocycles. The van der Waals surface area contributed by atoms with E-state index in [-0.39, 0.29) is 12.5 Å². The molecule has 0 fully saturated rings. The lowest BCUT2D eigenvalue weighted by Crippen LogP contribution is -2.29. The van der Waals surface area contributed by atoms with Gasteiger partial charge in [-0.05, 0) is 47.5 Å². The molecular formula is C25H28N2O5S. The van der Waals surface area contributed by atoms with E-state index in [1.165, 1.54) is 10.6 Å². The number of sulfonamides is 1. The van der Waals surface area contributed by atoms with E-state index in [1.54, 1.807) is 74.7 Å². The monoisotopic (exact) mass is 468 g/mol. The quantitative estimate of drug-likeness (QED) is 0.475. The highest BCUT2D eigenvalue weighted by atomic mass is 32.2. The molecule has 0 aliphatic heterocycles. The minimum absolute atomic E-state index is 0.139. The molecule has 3 rings (SSSR count). The average Bonchev–Trinajstić information content (AvgIpc) is 2.82. The lowest BCUT2D eigenvalue weighted by Gasteiger charge is -2.23. The predicted molar refractivity (Wildman–Crippen MR) is 129 cm³/mol. The van der Waals surface area contributed by atoms with E-state index in [1.807, 2.05) is 24.3 Å². The maximum absolute atomic E-state index is 12.9. The summed E-state index contributed by atoms with van der Waals surface area (Å²) in [6, 6.07) is 21.5. The third kappa shape index (κ3) is 6.04. The number of nitrogens with zero attached hydrogens (tertiary/aromatic N) is 2. The second-order valence-corrected chi connectivity index (χ2v) is 9.56. The summed E-state index contributed by atoms with van der Waals surface area (Å²) in [5.41, 5.74) is 2.80. The fraction of sp³-hybridized carbons (Fsp3) is 0.240. The van der Waals surface area contributed by atoms with E-state index in [9.17, 15) is 13.2 Å². The zero-order valence-corrected chi connectivity index (χ0v) is 20.0. The van der Waals surface area contributed by atoms with Crippen molar-refractivity contribution < 1.29 is 22.7 Å². The van der Waals surface area contributed by atoms with Crippen molar-refractivity contribution in [3.8, 4) is 11.5 Å². The van der Waals surface area contributed by atoms with Crippen LogP contribution in [0, 0.1) is 0 Å². The van der Waals surface area contributed by atoms with E-state index in [2.05, 4.69) is 0 Å². The number of anilines is 1. The molecule has 174 valence electrons. The molecule has 0 radical (unpaired) electrons. The largest absolute Gasteiger partial charge is 0.493 e. The van der Waals surface area contributed by atoms with Gasteiger partial charge in [0.15, 0.2) is 11.5 Å². The van der Waals surface area contributed by atoms with Crippen LogP contribution in [-0.2, 0) is 23.1 Å². The van der Waals surface area contributed by atoms with Gasteiger partial charge in [-0.1, -0.05) is 36.4 Å². The number of rotatable bonds is 9. The summed E-state index contributed by atoms with van der Waals surface area (Å²) in [5, 5.41) is 0. The van der Waals surface area contributed by atoms with Gasteiger partial charge in [0, 0.05) is 19.2 Å². The molecule has 33 heavy (non-hydrogen) atoms. The molecule has 7 nitrogen and oxygen atoms in total. The topological polar surface area (TPSA) is 76.2 Å². The Balaban J connectivity index is 1.72. The van der Waals surface area contributed by atoms with Gasteiger partial charge < -0.3 is 14.4 Å². The first-order chi connectivity index (χ1) is 15.7. The Morgan fingerprint density at radius 3 is 2.00 bits per heavy atom. The maximum atomic E-state index is 12.9. The van der Waals surface area contributed by atoms with Crippen LogP contribution in [0.1, 0.15) is 21.5 Å². The molecule has 0 bridgehead atoms. The van der Waals surface area contributed by atoms with Crippen molar-refractivity contribution in [1.29, 1.82) is 0 Å². The molecule has 0 atom stereocenters. The molecule has 0 saturated carbocycles. The molecule has 3 aromatic rings. The molecule has 0 saturated heterocycles. The Bertz CT molecular complexity index is 1200. The van der Waals surface area contributed by atoms with Gasteiger partial charge in [0.1, 0.15) is 0 Å². The standard InChI is InChI=1S/C25H28N2O5S/c1-26(17-20-12-15-23(31-2)24(16-20)32-3)25(28)21-13-10-19(11-14-21)18-27(33(4,29)30)22-8-6-5-7-9-22/h5-16H,17-18H2,1-4H3. The number of amides is 1. The molecule has 0 spiro atoms. The second-order valence-electron chi connectivity index (χ2n) is 7.65. The number of benzene rings is 3. The van der Waals surface area contributed by atoms with Crippen LogP contribution in [0.4, 0.5) is 5.69 Å². The summed E-state index contributed by atoms with van der Waals surface area (Å²) in [4.78, 5) is 14.5. The van der Waals surface area contributed by atoms with Gasteiger partial charge in [-0.15, -0.1) is 0 Å². The normalized spacial score (nSPS) is 11.0. The van der Waals surface area contributed by atoms with Crippen LogP contribution in [0.5, 0.6) is 11.5 Å². The van der Waals surface area contributed by atoms with Crippen molar-refractivity contribution in [1.82, 2.24) is 4.90 Å². The third-order valence-electron chi connectivity index (χ3n) is 5.19. The zero-order valence-electron chi connectivity index (χ0n) is 19.2. The number of para-hydroxylation sites is 1. The Hall–Kier alpha value is -3.52. The Labute approximate surface area is 195 Å². The highest BCUT2D eigenvalue weighted by molar-refractivity contribution is 7.92. The van der Waals surface area contributed by atoms with Gasteiger partial charge >= 0.3 is 0 Å². The fourth-order valence-corrected chi connectivity index (χ4v) is 4.35.